The highest BCUT2D eigenvalue weighted by molar-refractivity contribution is 9.10. The van der Waals surface area contributed by atoms with Gasteiger partial charge in [0.05, 0.1) is 13.3 Å². The molecule has 0 atom stereocenters. The molecule has 0 radical (unpaired) electrons. The second-order valence-electron chi connectivity index (χ2n) is 8.18. The van der Waals surface area contributed by atoms with Gasteiger partial charge in [0.2, 0.25) is 11.8 Å². The van der Waals surface area contributed by atoms with E-state index in [9.17, 15) is 9.59 Å². The second kappa shape index (κ2) is 12.7. The van der Waals surface area contributed by atoms with Gasteiger partial charge in [-0.15, -0.1) is 0 Å². The summed E-state index contributed by atoms with van der Waals surface area (Å²) in [5, 5.41) is 8.88. The molecule has 188 valence electrons. The van der Waals surface area contributed by atoms with Crippen molar-refractivity contribution in [3.63, 3.8) is 0 Å². The number of carbonyl (C=O) groups excluding carboxylic acids is 2. The highest BCUT2D eigenvalue weighted by atomic mass is 79.9. The third-order valence-corrected chi connectivity index (χ3v) is 6.10. The first-order valence-electron chi connectivity index (χ1n) is 11.7. The van der Waals surface area contributed by atoms with E-state index in [1.165, 1.54) is 0 Å². The molecule has 8 heteroatoms. The summed E-state index contributed by atoms with van der Waals surface area (Å²) in [6.45, 7) is 0.391. The van der Waals surface area contributed by atoms with Crippen molar-refractivity contribution in [3.8, 4) is 11.5 Å². The highest BCUT2D eigenvalue weighted by Gasteiger charge is 2.10. The minimum absolute atomic E-state index is 0.00178. The number of hydrogen-bond donors (Lipinski definition) is 2. The van der Waals surface area contributed by atoms with Gasteiger partial charge in [0.15, 0.2) is 0 Å². The van der Waals surface area contributed by atoms with Gasteiger partial charge in [0.25, 0.3) is 0 Å². The molecule has 0 heterocycles. The van der Waals surface area contributed by atoms with Gasteiger partial charge < -0.3 is 14.8 Å². The number of hydrazone groups is 1. The van der Waals surface area contributed by atoms with Gasteiger partial charge >= 0.3 is 0 Å². The Kier molecular flexibility index (Phi) is 8.89. The monoisotopic (exact) mass is 559 g/mol. The van der Waals surface area contributed by atoms with Crippen molar-refractivity contribution in [3.05, 3.63) is 101 Å². The summed E-state index contributed by atoms with van der Waals surface area (Å²) < 4.78 is 12.2. The molecule has 4 aromatic carbocycles. The minimum Gasteiger partial charge on any atom is -0.497 e. The van der Waals surface area contributed by atoms with E-state index in [1.807, 2.05) is 60.7 Å². The summed E-state index contributed by atoms with van der Waals surface area (Å²) in [7, 11) is 1.58. The first-order valence-corrected chi connectivity index (χ1v) is 12.5. The van der Waals surface area contributed by atoms with Gasteiger partial charge in [0.1, 0.15) is 18.1 Å². The van der Waals surface area contributed by atoms with E-state index in [2.05, 4.69) is 31.8 Å². The van der Waals surface area contributed by atoms with Crippen LogP contribution in [-0.4, -0.2) is 25.1 Å². The lowest BCUT2D eigenvalue weighted by atomic mass is 10.0. The van der Waals surface area contributed by atoms with Crippen LogP contribution in [0.5, 0.6) is 11.5 Å². The van der Waals surface area contributed by atoms with Crippen molar-refractivity contribution in [2.24, 2.45) is 5.10 Å². The molecule has 7 nitrogen and oxygen atoms in total. The van der Waals surface area contributed by atoms with E-state index in [4.69, 9.17) is 9.47 Å². The van der Waals surface area contributed by atoms with Crippen LogP contribution < -0.4 is 20.2 Å². The standard InChI is InChI=1S/C29H26BrN3O4/c1-36-24-13-11-23(12-14-24)32-28(34)16-17-29(35)33-31-18-26-25-5-3-2-4-21(25)8-15-27(26)37-19-20-6-9-22(30)10-7-20/h2-15,18H,16-17,19H2,1H3,(H,32,34)(H,33,35). The van der Waals surface area contributed by atoms with E-state index < -0.39 is 0 Å². The Morgan fingerprint density at radius 3 is 2.38 bits per heavy atom. The van der Waals surface area contributed by atoms with Gasteiger partial charge in [-0.3, -0.25) is 9.59 Å². The van der Waals surface area contributed by atoms with Crippen LogP contribution in [0.4, 0.5) is 5.69 Å². The summed E-state index contributed by atoms with van der Waals surface area (Å²) in [4.78, 5) is 24.5. The molecule has 2 amide bonds. The van der Waals surface area contributed by atoms with Crippen molar-refractivity contribution < 1.29 is 19.1 Å². The first kappa shape index (κ1) is 25.9. The average molecular weight is 560 g/mol. The normalized spacial score (nSPS) is 10.9. The molecule has 0 aliphatic carbocycles. The predicted molar refractivity (Wildman–Crippen MR) is 149 cm³/mol. The van der Waals surface area contributed by atoms with Crippen LogP contribution >= 0.6 is 15.9 Å². The van der Waals surface area contributed by atoms with Crippen molar-refractivity contribution in [2.45, 2.75) is 19.4 Å². The fourth-order valence-electron chi connectivity index (χ4n) is 3.63. The van der Waals surface area contributed by atoms with Crippen LogP contribution in [0.1, 0.15) is 24.0 Å². The maximum atomic E-state index is 12.3. The molecular formula is C29H26BrN3O4. The number of fused-ring (bicyclic) bond motifs is 1. The third-order valence-electron chi connectivity index (χ3n) is 5.57. The number of nitrogens with zero attached hydrogens (tertiary/aromatic N) is 1. The van der Waals surface area contributed by atoms with Crippen LogP contribution in [0.25, 0.3) is 10.8 Å². The van der Waals surface area contributed by atoms with Crippen LogP contribution in [0.3, 0.4) is 0 Å². The largest absolute Gasteiger partial charge is 0.497 e. The molecule has 4 rings (SSSR count). The van der Waals surface area contributed by atoms with Gasteiger partial charge in [-0.1, -0.05) is 58.4 Å². The van der Waals surface area contributed by atoms with E-state index in [-0.39, 0.29) is 24.7 Å². The molecule has 0 bridgehead atoms. The number of ether oxygens (including phenoxy) is 2. The lowest BCUT2D eigenvalue weighted by molar-refractivity contribution is -0.124. The predicted octanol–water partition coefficient (Wildman–Crippen LogP) is 6.06. The van der Waals surface area contributed by atoms with E-state index >= 15 is 0 Å². The molecule has 0 unspecified atom stereocenters. The Balaban J connectivity index is 1.36. The molecule has 37 heavy (non-hydrogen) atoms. The first-order chi connectivity index (χ1) is 18.0. The maximum absolute atomic E-state index is 12.3. The van der Waals surface area contributed by atoms with Gasteiger partial charge in [-0.2, -0.15) is 5.10 Å². The van der Waals surface area contributed by atoms with Crippen molar-refractivity contribution >= 4 is 50.4 Å². The Morgan fingerprint density at radius 1 is 0.892 bits per heavy atom. The number of halogens is 1. The molecule has 0 aromatic heterocycles. The Morgan fingerprint density at radius 2 is 1.62 bits per heavy atom. The Bertz CT molecular complexity index is 1400. The number of anilines is 1. The lowest BCUT2D eigenvalue weighted by Crippen LogP contribution is -2.20. The minimum atomic E-state index is -0.362. The second-order valence-corrected chi connectivity index (χ2v) is 9.10. The Labute approximate surface area is 223 Å². The lowest BCUT2D eigenvalue weighted by Gasteiger charge is -2.12. The quantitative estimate of drug-likeness (QED) is 0.182. The zero-order valence-corrected chi connectivity index (χ0v) is 21.8. The summed E-state index contributed by atoms with van der Waals surface area (Å²) in [6, 6.07) is 26.7. The van der Waals surface area contributed by atoms with Gasteiger partial charge in [-0.05, 0) is 58.8 Å². The maximum Gasteiger partial charge on any atom is 0.240 e. The Hall–Kier alpha value is -4.17. The summed E-state index contributed by atoms with van der Waals surface area (Å²) in [6.07, 6.45) is 1.61. The van der Waals surface area contributed by atoms with Crippen molar-refractivity contribution in [1.29, 1.82) is 0 Å². The third kappa shape index (κ3) is 7.41. The van der Waals surface area contributed by atoms with Crippen molar-refractivity contribution in [2.75, 3.05) is 12.4 Å². The number of hydrogen-bond acceptors (Lipinski definition) is 5. The molecule has 0 spiro atoms. The van der Waals surface area contributed by atoms with Crippen LogP contribution in [0.2, 0.25) is 0 Å². The van der Waals surface area contributed by atoms with Crippen LogP contribution in [-0.2, 0) is 16.2 Å². The molecular weight excluding hydrogens is 534 g/mol. The van der Waals surface area contributed by atoms with Crippen LogP contribution in [0.15, 0.2) is 94.5 Å². The summed E-state index contributed by atoms with van der Waals surface area (Å²) in [5.74, 6) is 0.725. The molecule has 2 N–H and O–H groups in total. The number of methoxy groups -OCH3 is 1. The smallest absolute Gasteiger partial charge is 0.240 e. The molecule has 0 aliphatic rings. The SMILES string of the molecule is COc1ccc(NC(=O)CCC(=O)NN=Cc2c(OCc3ccc(Br)cc3)ccc3ccccc23)cc1. The van der Waals surface area contributed by atoms with Crippen LogP contribution in [0, 0.1) is 0 Å². The number of rotatable bonds is 10. The number of carbonyl (C=O) groups is 2. The van der Waals surface area contributed by atoms with Crippen molar-refractivity contribution in [1.82, 2.24) is 5.43 Å². The number of amides is 2. The molecule has 0 aliphatic heterocycles. The molecule has 0 fully saturated rings. The summed E-state index contributed by atoms with van der Waals surface area (Å²) >= 11 is 3.44. The zero-order chi connectivity index (χ0) is 26.0. The van der Waals surface area contributed by atoms with E-state index in [0.717, 1.165) is 26.4 Å². The number of nitrogens with one attached hydrogen (secondary N) is 2. The summed E-state index contributed by atoms with van der Waals surface area (Å²) in [5.41, 5.74) is 4.93. The van der Waals surface area contributed by atoms with Gasteiger partial charge in [0, 0.05) is 28.6 Å². The number of benzene rings is 4. The zero-order valence-electron chi connectivity index (χ0n) is 20.2. The van der Waals surface area contributed by atoms with Gasteiger partial charge in [-0.25, -0.2) is 5.43 Å². The van der Waals surface area contributed by atoms with E-state index in [0.29, 0.717) is 23.8 Å². The highest BCUT2D eigenvalue weighted by Crippen LogP contribution is 2.27. The fourth-order valence-corrected chi connectivity index (χ4v) is 3.89. The fraction of sp³-hybridized carbons (Fsp3) is 0.138. The average Bonchev–Trinajstić information content (AvgIpc) is 2.92. The molecule has 0 saturated carbocycles. The molecule has 0 saturated heterocycles. The van der Waals surface area contributed by atoms with E-state index in [1.54, 1.807) is 37.6 Å². The topological polar surface area (TPSA) is 89.0 Å². The molecule has 4 aromatic rings.